The van der Waals surface area contributed by atoms with Crippen molar-refractivity contribution in [2.45, 2.75) is 10.8 Å². The second-order valence-electron chi connectivity index (χ2n) is 33.3. The molecule has 0 unspecified atom stereocenters. The van der Waals surface area contributed by atoms with Crippen LogP contribution in [-0.4, -0.2) is 19.1 Å². The van der Waals surface area contributed by atoms with Crippen LogP contribution in [0.3, 0.4) is 0 Å². The van der Waals surface area contributed by atoms with E-state index in [4.69, 9.17) is 9.97 Å². The van der Waals surface area contributed by atoms with Gasteiger partial charge in [0.2, 0.25) is 0 Å². The highest BCUT2D eigenvalue weighted by Gasteiger charge is 2.53. The minimum atomic E-state index is -0.576. The summed E-state index contributed by atoms with van der Waals surface area (Å²) in [5, 5.41) is 4.93. The molecule has 3 aromatic heterocycles. The largest absolute Gasteiger partial charge is 0.311 e. The van der Waals surface area contributed by atoms with E-state index in [0.717, 1.165) is 101 Å². The molecule has 4 aliphatic carbocycles. The Kier molecular flexibility index (Phi) is 15.2. The summed E-state index contributed by atoms with van der Waals surface area (Å²) in [7, 11) is 0. The van der Waals surface area contributed by atoms with Crippen LogP contribution >= 0.6 is 0 Å². The molecule has 3 heterocycles. The van der Waals surface area contributed by atoms with Gasteiger partial charge in [-0.05, 0) is 234 Å². The summed E-state index contributed by atoms with van der Waals surface area (Å²) < 4.78 is 4.77. The van der Waals surface area contributed by atoms with Gasteiger partial charge in [0.25, 0.3) is 0 Å². The molecule has 0 bridgehead atoms. The highest BCUT2D eigenvalue weighted by atomic mass is 15.1. The van der Waals surface area contributed by atoms with Crippen molar-refractivity contribution >= 4 is 88.8 Å². The first-order chi connectivity index (χ1) is 61.5. The Hall–Kier alpha value is -16.3. The Labute approximate surface area is 717 Å². The maximum atomic E-state index is 6.31. The number of rotatable bonds is 12. The van der Waals surface area contributed by atoms with E-state index in [0.29, 0.717) is 0 Å². The smallest absolute Gasteiger partial charge is 0.0979 e. The van der Waals surface area contributed by atoms with E-state index >= 15 is 0 Å². The molecule has 4 aliphatic rings. The molecule has 0 atom stereocenters. The topological polar surface area (TPSA) is 42.1 Å². The molecule has 0 N–H and O–H groups in total. The molecule has 0 fully saturated rings. The number of anilines is 6. The summed E-state index contributed by atoms with van der Waals surface area (Å²) in [4.78, 5) is 17.3. The van der Waals surface area contributed by atoms with Crippen molar-refractivity contribution in [3.8, 4) is 101 Å². The van der Waals surface area contributed by atoms with Crippen LogP contribution in [0.25, 0.3) is 155 Å². The third kappa shape index (κ3) is 9.99. The van der Waals surface area contributed by atoms with Crippen molar-refractivity contribution in [3.63, 3.8) is 0 Å². The zero-order valence-corrected chi connectivity index (χ0v) is 67.4. The lowest BCUT2D eigenvalue weighted by molar-refractivity contribution is 0.794. The fourth-order valence-electron chi connectivity index (χ4n) is 22.0. The Morgan fingerprint density at radius 2 is 0.403 bits per heavy atom. The Morgan fingerprint density at radius 1 is 0.177 bits per heavy atom. The highest BCUT2D eigenvalue weighted by Crippen LogP contribution is 2.66. The predicted octanol–water partition coefficient (Wildman–Crippen LogP) is 30.1. The van der Waals surface area contributed by atoms with Crippen LogP contribution in [0.5, 0.6) is 0 Å². The van der Waals surface area contributed by atoms with Crippen molar-refractivity contribution in [1.29, 1.82) is 0 Å². The first-order valence-corrected chi connectivity index (χ1v) is 42.8. The Balaban J connectivity index is 0.691. The molecule has 2 spiro atoms. The van der Waals surface area contributed by atoms with Gasteiger partial charge in [-0.1, -0.05) is 315 Å². The van der Waals surface area contributed by atoms with E-state index in [-0.39, 0.29) is 0 Å². The number of aromatic nitrogens is 4. The van der Waals surface area contributed by atoms with Gasteiger partial charge in [-0.15, -0.1) is 0 Å². The molecule has 19 aromatic carbocycles. The summed E-state index contributed by atoms with van der Waals surface area (Å²) in [5.41, 5.74) is 41.3. The van der Waals surface area contributed by atoms with Crippen LogP contribution in [0, 0.1) is 0 Å². The molecular formula is C118H74N6. The molecule has 6 heteroatoms. The standard InChI is InChI=1S/C118H74N6/c1-3-27-79(28-4-1)121(83-61-65-85(66-62-83)123-109-47-23-13-37-97(109)98-38-14-24-48-110(98)123)81-57-51-75(52-58-81)113-114(76-53-59-82(60-54-76)122(80-29-5-2-6-30-80)84-63-67-86(68-64-84)124-111-49-25-15-39-99(111)100-40-16-26-50-112(100)124)120-116-88(78-56-70-96-94-36-12-22-46-106(94)118(108(96)74-78)103-43-19-9-33-91(103)92-34-10-20-44-104(92)118)72-71-87(115(116)119-113)77-55-69-95-93-35-11-21-45-105(93)117(107(95)73-77)101-41-17-7-31-89(101)90-32-8-18-42-102(90)117/h1-74H. The summed E-state index contributed by atoms with van der Waals surface area (Å²) in [6, 6.07) is 166. The van der Waals surface area contributed by atoms with Gasteiger partial charge in [0.05, 0.1) is 55.3 Å². The fraction of sp³-hybridized carbons (Fsp3) is 0.0169. The summed E-state index contributed by atoms with van der Waals surface area (Å²) >= 11 is 0. The van der Waals surface area contributed by atoms with Crippen molar-refractivity contribution in [1.82, 2.24) is 19.1 Å². The molecule has 0 saturated heterocycles. The highest BCUT2D eigenvalue weighted by molar-refractivity contribution is 6.12. The lowest BCUT2D eigenvalue weighted by atomic mass is 9.70. The molecule has 0 amide bonds. The molecule has 0 saturated carbocycles. The Morgan fingerprint density at radius 3 is 0.702 bits per heavy atom. The quantitative estimate of drug-likeness (QED) is 0.122. The van der Waals surface area contributed by atoms with Gasteiger partial charge >= 0.3 is 0 Å². The van der Waals surface area contributed by atoms with Crippen LogP contribution in [0.1, 0.15) is 44.5 Å². The summed E-state index contributed by atoms with van der Waals surface area (Å²) in [6.07, 6.45) is 0. The van der Waals surface area contributed by atoms with Crippen molar-refractivity contribution in [2.24, 2.45) is 0 Å². The van der Waals surface area contributed by atoms with Crippen molar-refractivity contribution < 1.29 is 0 Å². The van der Waals surface area contributed by atoms with E-state index in [9.17, 15) is 0 Å². The van der Waals surface area contributed by atoms with Crippen LogP contribution in [0.2, 0.25) is 0 Å². The maximum absolute atomic E-state index is 6.31. The second kappa shape index (κ2) is 27.1. The number of hydrogen-bond acceptors (Lipinski definition) is 4. The van der Waals surface area contributed by atoms with E-state index in [1.54, 1.807) is 0 Å². The lowest BCUT2D eigenvalue weighted by Gasteiger charge is -2.31. The Bertz CT molecular complexity index is 7450. The SMILES string of the molecule is c1ccc(N(c2ccc(-c3nc4c(-c5ccc6c(c5)C5(c7ccccc7-c7ccccc75)c5ccccc5-6)ccc(-c5ccc6c(c5)C5(c7ccccc7-c7ccccc75)c5ccccc5-6)c4nc3-c3ccc(N(c4ccccc4)c4ccc(-n5c6ccccc6c6ccccc65)cc4)cc3)cc2)c2ccc(-n3c4ccccc4c4ccccc43)cc2)cc1. The predicted molar refractivity (Wildman–Crippen MR) is 512 cm³/mol. The molecule has 26 rings (SSSR count). The second-order valence-corrected chi connectivity index (χ2v) is 33.3. The monoisotopic (exact) mass is 1570 g/mol. The molecule has 0 radical (unpaired) electrons. The normalized spacial score (nSPS) is 13.1. The number of hydrogen-bond donors (Lipinski definition) is 0. The first-order valence-electron chi connectivity index (χ1n) is 42.8. The maximum Gasteiger partial charge on any atom is 0.0979 e. The zero-order valence-electron chi connectivity index (χ0n) is 67.4. The van der Waals surface area contributed by atoms with E-state index in [1.807, 2.05) is 0 Å². The van der Waals surface area contributed by atoms with Gasteiger partial charge in [-0.3, -0.25) is 0 Å². The van der Waals surface area contributed by atoms with Crippen LogP contribution in [-0.2, 0) is 10.8 Å². The number of fused-ring (bicyclic) bond motifs is 27. The molecule has 22 aromatic rings. The van der Waals surface area contributed by atoms with E-state index in [2.05, 4.69) is 468 Å². The van der Waals surface area contributed by atoms with Crippen molar-refractivity contribution in [3.05, 3.63) is 493 Å². The zero-order chi connectivity index (χ0) is 81.3. The third-order valence-corrected chi connectivity index (χ3v) is 27.2. The summed E-state index contributed by atoms with van der Waals surface area (Å²) in [5.74, 6) is 0. The first kappa shape index (κ1) is 69.6. The minimum absolute atomic E-state index is 0.576. The average Bonchev–Trinajstić information content (AvgIpc) is 1.51. The number of benzene rings is 19. The van der Waals surface area contributed by atoms with Gasteiger partial charge in [-0.2, -0.15) is 0 Å². The van der Waals surface area contributed by atoms with Gasteiger partial charge in [0.15, 0.2) is 0 Å². The van der Waals surface area contributed by atoms with E-state index in [1.165, 1.54) is 133 Å². The fourth-order valence-corrected chi connectivity index (χ4v) is 22.0. The average molecular weight is 1580 g/mol. The molecule has 124 heavy (non-hydrogen) atoms. The molecule has 0 aliphatic heterocycles. The van der Waals surface area contributed by atoms with Gasteiger partial charge in [-0.25, -0.2) is 9.97 Å². The number of nitrogens with zero attached hydrogens (tertiary/aromatic N) is 6. The van der Waals surface area contributed by atoms with Gasteiger partial charge in [0.1, 0.15) is 0 Å². The van der Waals surface area contributed by atoms with Crippen LogP contribution < -0.4 is 9.80 Å². The molecular weight excluding hydrogens is 1500 g/mol. The van der Waals surface area contributed by atoms with Gasteiger partial charge < -0.3 is 18.9 Å². The van der Waals surface area contributed by atoms with E-state index < -0.39 is 10.8 Å². The summed E-state index contributed by atoms with van der Waals surface area (Å²) in [6.45, 7) is 0. The van der Waals surface area contributed by atoms with Crippen molar-refractivity contribution in [2.75, 3.05) is 9.80 Å². The van der Waals surface area contributed by atoms with Gasteiger partial charge in [0, 0.05) is 89.3 Å². The molecule has 6 nitrogen and oxygen atoms in total. The van der Waals surface area contributed by atoms with Crippen LogP contribution in [0.4, 0.5) is 34.1 Å². The minimum Gasteiger partial charge on any atom is -0.311 e. The third-order valence-electron chi connectivity index (χ3n) is 27.2. The van der Waals surface area contributed by atoms with Crippen LogP contribution in [0.15, 0.2) is 449 Å². The molecule has 576 valence electrons. The number of para-hydroxylation sites is 6. The lowest BCUT2D eigenvalue weighted by Crippen LogP contribution is -2.25.